The van der Waals surface area contributed by atoms with Crippen LogP contribution in [-0.2, 0) is 0 Å². The van der Waals surface area contributed by atoms with Crippen LogP contribution in [0.4, 0.5) is 0 Å². The Hall–Kier alpha value is -1.86. The Balaban J connectivity index is 1.53. The minimum absolute atomic E-state index is 0.0494. The van der Waals surface area contributed by atoms with E-state index in [1.807, 2.05) is 4.90 Å². The third-order valence-electron chi connectivity index (χ3n) is 5.24. The van der Waals surface area contributed by atoms with Gasteiger partial charge in [0.1, 0.15) is 5.69 Å². The van der Waals surface area contributed by atoms with Crippen LogP contribution in [0.3, 0.4) is 0 Å². The summed E-state index contributed by atoms with van der Waals surface area (Å²) >= 11 is 1.39. The lowest BCUT2D eigenvalue weighted by Crippen LogP contribution is -2.49. The number of rotatable bonds is 2. The summed E-state index contributed by atoms with van der Waals surface area (Å²) in [6.45, 7) is 1.38. The summed E-state index contributed by atoms with van der Waals surface area (Å²) in [5.41, 5.74) is 0.349. The van der Waals surface area contributed by atoms with Gasteiger partial charge < -0.3 is 10.0 Å². The van der Waals surface area contributed by atoms with Gasteiger partial charge in [-0.05, 0) is 31.7 Å². The Morgan fingerprint density at radius 3 is 2.83 bits per heavy atom. The van der Waals surface area contributed by atoms with Crippen LogP contribution in [0.1, 0.15) is 42.6 Å². The summed E-state index contributed by atoms with van der Waals surface area (Å²) in [5.74, 6) is 0.495. The molecule has 1 N–H and O–H groups in total. The van der Waals surface area contributed by atoms with Crippen molar-refractivity contribution in [3.63, 3.8) is 0 Å². The Labute approximate surface area is 144 Å². The number of hydrogen-bond donors (Lipinski definition) is 1. The monoisotopic (exact) mass is 344 g/mol. The van der Waals surface area contributed by atoms with Crippen molar-refractivity contribution in [2.24, 2.45) is 5.41 Å². The average molecular weight is 344 g/mol. The highest BCUT2D eigenvalue weighted by atomic mass is 32.1. The van der Waals surface area contributed by atoms with E-state index in [1.54, 1.807) is 23.8 Å². The molecule has 1 unspecified atom stereocenters. The van der Waals surface area contributed by atoms with Crippen LogP contribution >= 0.6 is 11.3 Å². The van der Waals surface area contributed by atoms with E-state index in [0.29, 0.717) is 23.1 Å². The fourth-order valence-electron chi connectivity index (χ4n) is 3.98. The summed E-state index contributed by atoms with van der Waals surface area (Å²) < 4.78 is 0. The summed E-state index contributed by atoms with van der Waals surface area (Å²) in [4.78, 5) is 27.5. The number of piperidine rings is 1. The van der Waals surface area contributed by atoms with Crippen molar-refractivity contribution >= 4 is 17.2 Å². The molecule has 1 aliphatic heterocycles. The van der Waals surface area contributed by atoms with E-state index < -0.39 is 0 Å². The number of thiazole rings is 1. The number of nitrogens with zero attached hydrogens (tertiary/aromatic N) is 4. The van der Waals surface area contributed by atoms with Gasteiger partial charge >= 0.3 is 0 Å². The Morgan fingerprint density at radius 1 is 1.29 bits per heavy atom. The van der Waals surface area contributed by atoms with Gasteiger partial charge in [0.15, 0.2) is 10.8 Å². The second kappa shape index (κ2) is 6.22. The zero-order valence-corrected chi connectivity index (χ0v) is 14.2. The topological polar surface area (TPSA) is 79.2 Å². The first-order valence-electron chi connectivity index (χ1n) is 8.38. The number of likely N-dealkylation sites (tertiary alicyclic amines) is 1. The molecule has 24 heavy (non-hydrogen) atoms. The zero-order valence-electron chi connectivity index (χ0n) is 13.4. The van der Waals surface area contributed by atoms with E-state index in [-0.39, 0.29) is 17.4 Å². The molecule has 0 aromatic carbocycles. The minimum Gasteiger partial charge on any atom is -0.392 e. The molecular formula is C17H20N4O2S. The Morgan fingerprint density at radius 2 is 2.08 bits per heavy atom. The normalized spacial score (nSPS) is 26.9. The second-order valence-corrected chi connectivity index (χ2v) is 7.57. The molecule has 2 atom stereocenters. The molecule has 3 heterocycles. The molecule has 2 aliphatic rings. The largest absolute Gasteiger partial charge is 0.392 e. The fourth-order valence-corrected chi connectivity index (χ4v) is 4.71. The van der Waals surface area contributed by atoms with Crippen LogP contribution in [0.2, 0.25) is 0 Å². The van der Waals surface area contributed by atoms with Gasteiger partial charge in [0.2, 0.25) is 0 Å². The molecule has 126 valence electrons. The predicted molar refractivity (Wildman–Crippen MR) is 90.6 cm³/mol. The molecule has 1 saturated heterocycles. The van der Waals surface area contributed by atoms with E-state index in [1.165, 1.54) is 11.3 Å². The highest BCUT2D eigenvalue weighted by molar-refractivity contribution is 7.13. The molecule has 1 saturated carbocycles. The van der Waals surface area contributed by atoms with Crippen LogP contribution in [0.15, 0.2) is 23.8 Å². The van der Waals surface area contributed by atoms with Crippen molar-refractivity contribution in [1.29, 1.82) is 0 Å². The number of carbonyl (C=O) groups excluding carboxylic acids is 1. The maximum absolute atomic E-state index is 12.8. The second-order valence-electron chi connectivity index (χ2n) is 6.71. The van der Waals surface area contributed by atoms with Crippen molar-refractivity contribution in [1.82, 2.24) is 19.9 Å². The molecule has 4 rings (SSSR count). The van der Waals surface area contributed by atoms with Gasteiger partial charge in [0.25, 0.3) is 5.91 Å². The lowest BCUT2D eigenvalue weighted by atomic mass is 9.76. The highest BCUT2D eigenvalue weighted by Crippen LogP contribution is 2.45. The number of hydrogen-bond acceptors (Lipinski definition) is 6. The van der Waals surface area contributed by atoms with Crippen molar-refractivity contribution in [3.8, 4) is 10.8 Å². The quantitative estimate of drug-likeness (QED) is 0.905. The third-order valence-corrected chi connectivity index (χ3v) is 6.07. The van der Waals surface area contributed by atoms with Gasteiger partial charge in [0, 0.05) is 36.3 Å². The van der Waals surface area contributed by atoms with Gasteiger partial charge in [-0.3, -0.25) is 4.79 Å². The van der Waals surface area contributed by atoms with Crippen LogP contribution in [0, 0.1) is 5.41 Å². The van der Waals surface area contributed by atoms with Crippen LogP contribution in [0.5, 0.6) is 0 Å². The third kappa shape index (κ3) is 2.71. The number of aromatic nitrogens is 3. The lowest BCUT2D eigenvalue weighted by Gasteiger charge is -2.42. The number of aliphatic hydroxyl groups is 1. The van der Waals surface area contributed by atoms with Gasteiger partial charge in [-0.2, -0.15) is 0 Å². The molecule has 7 heteroatoms. The smallest absolute Gasteiger partial charge is 0.273 e. The molecule has 0 bridgehead atoms. The molecule has 1 spiro atoms. The number of aliphatic hydroxyl groups excluding tert-OH is 1. The van der Waals surface area contributed by atoms with E-state index >= 15 is 0 Å². The standard InChI is InChI=1S/C17H20N4O2S/c22-13-4-1-5-17(13)6-2-9-21(11-17)16(23)12-10-24-15(20-12)14-18-7-3-8-19-14/h3,7-8,10,13,22H,1-2,4-6,9,11H2/t13?,17-/m0/s1. The van der Waals surface area contributed by atoms with Crippen LogP contribution < -0.4 is 0 Å². The first kappa shape index (κ1) is 15.7. The van der Waals surface area contributed by atoms with Crippen LogP contribution in [0.25, 0.3) is 10.8 Å². The summed E-state index contributed by atoms with van der Waals surface area (Å²) in [5, 5.41) is 12.8. The van der Waals surface area contributed by atoms with E-state index in [9.17, 15) is 9.90 Å². The molecule has 2 aromatic heterocycles. The molecule has 1 aliphatic carbocycles. The van der Waals surface area contributed by atoms with Crippen LogP contribution in [-0.4, -0.2) is 50.1 Å². The number of carbonyl (C=O) groups is 1. The summed E-state index contributed by atoms with van der Waals surface area (Å²) in [6, 6.07) is 1.75. The molecule has 2 fully saturated rings. The van der Waals surface area contributed by atoms with Gasteiger partial charge in [-0.15, -0.1) is 11.3 Å². The lowest BCUT2D eigenvalue weighted by molar-refractivity contribution is -0.00552. The predicted octanol–water partition coefficient (Wildman–Crippen LogP) is 2.37. The van der Waals surface area contributed by atoms with Crippen molar-refractivity contribution < 1.29 is 9.90 Å². The fraction of sp³-hybridized carbons (Fsp3) is 0.529. The van der Waals surface area contributed by atoms with Crippen molar-refractivity contribution in [2.75, 3.05) is 13.1 Å². The summed E-state index contributed by atoms with van der Waals surface area (Å²) in [7, 11) is 0. The molecule has 1 amide bonds. The molecular weight excluding hydrogens is 324 g/mol. The van der Waals surface area contributed by atoms with E-state index in [2.05, 4.69) is 15.0 Å². The first-order valence-corrected chi connectivity index (χ1v) is 9.26. The Kier molecular flexibility index (Phi) is 4.05. The van der Waals surface area contributed by atoms with Gasteiger partial charge in [-0.25, -0.2) is 15.0 Å². The zero-order chi connectivity index (χ0) is 16.6. The number of amides is 1. The van der Waals surface area contributed by atoms with Gasteiger partial charge in [-0.1, -0.05) is 6.42 Å². The molecule has 2 aromatic rings. The maximum atomic E-state index is 12.8. The van der Waals surface area contributed by atoms with E-state index in [4.69, 9.17) is 0 Å². The minimum atomic E-state index is -0.281. The van der Waals surface area contributed by atoms with Crippen molar-refractivity contribution in [3.05, 3.63) is 29.5 Å². The van der Waals surface area contributed by atoms with E-state index in [0.717, 1.165) is 38.6 Å². The average Bonchev–Trinajstić information content (AvgIpc) is 3.24. The SMILES string of the molecule is O=C(c1csc(-c2ncccn2)n1)N1CCC[C@@]2(CCCC2O)C1. The van der Waals surface area contributed by atoms with Gasteiger partial charge in [0.05, 0.1) is 6.10 Å². The Bertz CT molecular complexity index is 735. The maximum Gasteiger partial charge on any atom is 0.273 e. The first-order chi connectivity index (χ1) is 11.7. The molecule has 6 nitrogen and oxygen atoms in total. The molecule has 0 radical (unpaired) electrons. The van der Waals surface area contributed by atoms with Crippen molar-refractivity contribution in [2.45, 2.75) is 38.2 Å². The highest BCUT2D eigenvalue weighted by Gasteiger charge is 2.45. The summed E-state index contributed by atoms with van der Waals surface area (Å²) in [6.07, 6.45) is 7.93.